The van der Waals surface area contributed by atoms with E-state index in [1.54, 1.807) is 18.2 Å². The van der Waals surface area contributed by atoms with Gasteiger partial charge in [-0.15, -0.1) is 0 Å². The Morgan fingerprint density at radius 3 is 2.12 bits per heavy atom. The van der Waals surface area contributed by atoms with Crippen LogP contribution in [0.3, 0.4) is 0 Å². The number of alkyl halides is 3. The van der Waals surface area contributed by atoms with E-state index in [1.165, 1.54) is 12.1 Å². The molecular weight excluding hydrogens is 359 g/mol. The van der Waals surface area contributed by atoms with Crippen molar-refractivity contribution < 1.29 is 31.1 Å². The summed E-state index contributed by atoms with van der Waals surface area (Å²) in [6, 6.07) is 9.14. The molecule has 0 radical (unpaired) electrons. The lowest BCUT2D eigenvalue weighted by Gasteiger charge is -2.22. The van der Waals surface area contributed by atoms with Gasteiger partial charge in [-0.25, -0.2) is 18.2 Å². The molecule has 0 saturated carbocycles. The van der Waals surface area contributed by atoms with Crippen LogP contribution >= 0.6 is 0 Å². The molecule has 0 saturated heterocycles. The van der Waals surface area contributed by atoms with Crippen molar-refractivity contribution >= 4 is 15.8 Å². The minimum Gasteiger partial charge on any atom is -0.425 e. The normalized spacial score (nSPS) is 12.7. The lowest BCUT2D eigenvalue weighted by molar-refractivity contribution is -0.138. The quantitative estimate of drug-likeness (QED) is 0.608. The highest BCUT2D eigenvalue weighted by molar-refractivity contribution is 7.93. The predicted molar refractivity (Wildman–Crippen MR) is 82.6 cm³/mol. The number of rotatable bonds is 4. The van der Waals surface area contributed by atoms with Crippen molar-refractivity contribution in [3.05, 3.63) is 54.2 Å². The van der Waals surface area contributed by atoms with Gasteiger partial charge in [0.2, 0.25) is 9.84 Å². The Balaban J connectivity index is 2.31. The number of ether oxygens (including phenoxy) is 1. The summed E-state index contributed by atoms with van der Waals surface area (Å²) < 4.78 is 65.9. The van der Waals surface area contributed by atoms with E-state index in [9.17, 15) is 26.4 Å². The second kappa shape index (κ2) is 6.47. The first-order valence-electron chi connectivity index (χ1n) is 7.01. The van der Waals surface area contributed by atoms with Gasteiger partial charge in [-0.05, 0) is 38.1 Å². The molecule has 1 aromatic heterocycles. The highest BCUT2D eigenvalue weighted by atomic mass is 32.2. The number of nitrogens with zero attached hydrogens (tertiary/aromatic N) is 1. The van der Waals surface area contributed by atoms with Crippen LogP contribution in [0.15, 0.2) is 53.7 Å². The van der Waals surface area contributed by atoms with Crippen LogP contribution in [0.5, 0.6) is 5.75 Å². The molecular formula is C16H14F3NO4S. The van der Waals surface area contributed by atoms with Gasteiger partial charge in [0.15, 0.2) is 9.77 Å². The van der Waals surface area contributed by atoms with Gasteiger partial charge >= 0.3 is 12.1 Å². The third kappa shape index (κ3) is 3.81. The van der Waals surface area contributed by atoms with E-state index in [4.69, 9.17) is 4.74 Å². The standard InChI is InChI=1S/C16H14F3NO4S/c1-15(2,14(21)24-12-6-4-3-5-7-12)25(22,23)13-9-8-11(10-20-13)16(17,18)19/h3-10H,1-2H3. The number of hydrogen-bond acceptors (Lipinski definition) is 5. The van der Waals surface area contributed by atoms with Crippen LogP contribution in [0, 0.1) is 0 Å². The van der Waals surface area contributed by atoms with E-state index in [0.717, 1.165) is 19.9 Å². The van der Waals surface area contributed by atoms with Crippen molar-refractivity contribution in [3.63, 3.8) is 0 Å². The summed E-state index contributed by atoms with van der Waals surface area (Å²) >= 11 is 0. The number of halogens is 3. The Hall–Kier alpha value is -2.42. The van der Waals surface area contributed by atoms with Gasteiger partial charge in [-0.2, -0.15) is 13.2 Å². The van der Waals surface area contributed by atoms with E-state index in [2.05, 4.69) is 4.98 Å². The molecule has 0 amide bonds. The third-order valence-corrected chi connectivity index (χ3v) is 5.76. The molecule has 5 nitrogen and oxygen atoms in total. The highest BCUT2D eigenvalue weighted by Gasteiger charge is 2.45. The molecule has 0 bridgehead atoms. The van der Waals surface area contributed by atoms with Crippen LogP contribution in [-0.4, -0.2) is 24.1 Å². The Bertz CT molecular complexity index is 861. The molecule has 25 heavy (non-hydrogen) atoms. The van der Waals surface area contributed by atoms with Crippen molar-refractivity contribution in [3.8, 4) is 5.75 Å². The largest absolute Gasteiger partial charge is 0.425 e. The number of carbonyl (C=O) groups excluding carboxylic acids is 1. The summed E-state index contributed by atoms with van der Waals surface area (Å²) in [4.78, 5) is 15.6. The fourth-order valence-electron chi connectivity index (χ4n) is 1.80. The Labute approximate surface area is 142 Å². The topological polar surface area (TPSA) is 73.3 Å². The van der Waals surface area contributed by atoms with Crippen molar-refractivity contribution in [2.75, 3.05) is 0 Å². The second-order valence-corrected chi connectivity index (χ2v) is 8.04. The minimum atomic E-state index is -4.64. The molecule has 0 aliphatic rings. The molecule has 0 aliphatic carbocycles. The minimum absolute atomic E-state index is 0.149. The maximum absolute atomic E-state index is 12.6. The third-order valence-electron chi connectivity index (χ3n) is 3.46. The fraction of sp³-hybridized carbons (Fsp3) is 0.250. The SMILES string of the molecule is CC(C)(C(=O)Oc1ccccc1)S(=O)(=O)c1ccc(C(F)(F)F)cn1. The molecule has 2 rings (SSSR count). The maximum Gasteiger partial charge on any atom is 0.417 e. The molecule has 0 atom stereocenters. The van der Waals surface area contributed by atoms with Crippen LogP contribution in [0.4, 0.5) is 13.2 Å². The van der Waals surface area contributed by atoms with Gasteiger partial charge in [-0.3, -0.25) is 0 Å². The fourth-order valence-corrected chi connectivity index (χ4v) is 3.02. The zero-order valence-corrected chi connectivity index (χ0v) is 14.1. The lowest BCUT2D eigenvalue weighted by Crippen LogP contribution is -2.43. The molecule has 0 aliphatic heterocycles. The average Bonchev–Trinajstić information content (AvgIpc) is 2.55. The number of hydrogen-bond donors (Lipinski definition) is 0. The first kappa shape index (κ1) is 18.9. The number of sulfone groups is 1. The number of aromatic nitrogens is 1. The molecule has 1 aromatic carbocycles. The summed E-state index contributed by atoms with van der Waals surface area (Å²) in [6.07, 6.45) is -4.23. The molecule has 2 aromatic rings. The summed E-state index contributed by atoms with van der Waals surface area (Å²) in [6.45, 7) is 2.21. The van der Waals surface area contributed by atoms with Crippen molar-refractivity contribution in [2.24, 2.45) is 0 Å². The molecule has 0 unspecified atom stereocenters. The van der Waals surface area contributed by atoms with Crippen LogP contribution < -0.4 is 4.74 Å². The first-order valence-corrected chi connectivity index (χ1v) is 8.50. The summed E-state index contributed by atoms with van der Waals surface area (Å²) in [5, 5.41) is -0.643. The highest BCUT2D eigenvalue weighted by Crippen LogP contribution is 2.31. The molecule has 0 fully saturated rings. The average molecular weight is 373 g/mol. The second-order valence-electron chi connectivity index (χ2n) is 5.60. The van der Waals surface area contributed by atoms with Gasteiger partial charge in [0.1, 0.15) is 5.75 Å². The van der Waals surface area contributed by atoms with E-state index >= 15 is 0 Å². The van der Waals surface area contributed by atoms with Crippen LogP contribution in [0.25, 0.3) is 0 Å². The van der Waals surface area contributed by atoms with Gasteiger partial charge in [-0.1, -0.05) is 18.2 Å². The number of para-hydroxylation sites is 1. The first-order chi connectivity index (χ1) is 11.5. The van der Waals surface area contributed by atoms with Crippen LogP contribution in [0.2, 0.25) is 0 Å². The van der Waals surface area contributed by atoms with E-state index in [-0.39, 0.29) is 5.75 Å². The van der Waals surface area contributed by atoms with Crippen molar-refractivity contribution in [1.29, 1.82) is 0 Å². The Morgan fingerprint density at radius 1 is 1.04 bits per heavy atom. The Morgan fingerprint density at radius 2 is 1.64 bits per heavy atom. The van der Waals surface area contributed by atoms with Crippen LogP contribution in [0.1, 0.15) is 19.4 Å². The number of esters is 1. The molecule has 9 heteroatoms. The van der Waals surface area contributed by atoms with Crippen molar-refractivity contribution in [1.82, 2.24) is 4.98 Å². The van der Waals surface area contributed by atoms with E-state index in [0.29, 0.717) is 12.3 Å². The lowest BCUT2D eigenvalue weighted by atomic mass is 10.2. The van der Waals surface area contributed by atoms with E-state index < -0.39 is 37.3 Å². The van der Waals surface area contributed by atoms with Gasteiger partial charge in [0, 0.05) is 6.20 Å². The summed E-state index contributed by atoms with van der Waals surface area (Å²) in [5.74, 6) is -0.920. The van der Waals surface area contributed by atoms with Crippen LogP contribution in [-0.2, 0) is 20.8 Å². The molecule has 134 valence electrons. The smallest absolute Gasteiger partial charge is 0.417 e. The number of pyridine rings is 1. The van der Waals surface area contributed by atoms with E-state index in [1.807, 2.05) is 0 Å². The van der Waals surface area contributed by atoms with Gasteiger partial charge < -0.3 is 4.74 Å². The number of benzene rings is 1. The van der Waals surface area contributed by atoms with Gasteiger partial charge in [0.25, 0.3) is 0 Å². The summed E-state index contributed by atoms with van der Waals surface area (Å²) in [7, 11) is -4.37. The monoisotopic (exact) mass is 373 g/mol. The van der Waals surface area contributed by atoms with Gasteiger partial charge in [0.05, 0.1) is 5.56 Å². The summed E-state index contributed by atoms with van der Waals surface area (Å²) in [5.41, 5.74) is -1.09. The zero-order valence-electron chi connectivity index (χ0n) is 13.2. The van der Waals surface area contributed by atoms with Crippen molar-refractivity contribution in [2.45, 2.75) is 29.8 Å². The predicted octanol–water partition coefficient (Wildman–Crippen LogP) is 3.26. The molecule has 1 heterocycles. The zero-order chi connectivity index (χ0) is 18.9. The molecule has 0 spiro atoms. The maximum atomic E-state index is 12.6. The molecule has 0 N–H and O–H groups in total. The Kier molecular flexibility index (Phi) is 4.90. The number of carbonyl (C=O) groups is 1.